The molecule has 25 heavy (non-hydrogen) atoms. The van der Waals surface area contributed by atoms with Gasteiger partial charge in [-0.05, 0) is 48.7 Å². The van der Waals surface area contributed by atoms with Gasteiger partial charge in [0.15, 0.2) is 0 Å². The Balaban J connectivity index is 1.75. The molecule has 130 valence electrons. The Hall–Kier alpha value is -2.82. The molecule has 1 aliphatic heterocycles. The molecular formula is C20H22N2O3. The van der Waals surface area contributed by atoms with Crippen molar-refractivity contribution in [1.82, 2.24) is 4.90 Å². The van der Waals surface area contributed by atoms with Crippen molar-refractivity contribution in [3.63, 3.8) is 0 Å². The van der Waals surface area contributed by atoms with Crippen LogP contribution in [-0.4, -0.2) is 30.4 Å². The normalized spacial score (nSPS) is 13.8. The number of benzene rings is 2. The molecule has 0 spiro atoms. The number of likely N-dealkylation sites (tertiary alicyclic amines) is 1. The number of nitrogens with zero attached hydrogens (tertiary/aromatic N) is 1. The molecule has 0 bridgehead atoms. The number of hydrogen-bond donors (Lipinski definition) is 1. The summed E-state index contributed by atoms with van der Waals surface area (Å²) in [6, 6.07) is 13.0. The van der Waals surface area contributed by atoms with Gasteiger partial charge in [0.2, 0.25) is 5.91 Å². The van der Waals surface area contributed by atoms with Crippen LogP contribution in [0.4, 0.5) is 5.69 Å². The molecule has 3 rings (SSSR count). The van der Waals surface area contributed by atoms with Gasteiger partial charge in [0.25, 0.3) is 5.91 Å². The smallest absolute Gasteiger partial charge is 0.255 e. The molecule has 0 unspecified atom stereocenters. The van der Waals surface area contributed by atoms with E-state index in [0.29, 0.717) is 30.0 Å². The number of hydrogen-bond acceptors (Lipinski definition) is 3. The maximum absolute atomic E-state index is 12.6. The summed E-state index contributed by atoms with van der Waals surface area (Å²) in [5.41, 5.74) is 3.21. The second-order valence-electron chi connectivity index (χ2n) is 6.28. The molecule has 5 heteroatoms. The zero-order valence-electron chi connectivity index (χ0n) is 14.5. The highest BCUT2D eigenvalue weighted by atomic mass is 16.5. The van der Waals surface area contributed by atoms with Crippen LogP contribution in [0.15, 0.2) is 42.5 Å². The van der Waals surface area contributed by atoms with E-state index in [1.165, 1.54) is 0 Å². The summed E-state index contributed by atoms with van der Waals surface area (Å²) in [5, 5.41) is 2.90. The SMILES string of the molecule is COc1ccc(C)cc1NC(=O)c1cccc(CN2CCCC2=O)c1. The standard InChI is InChI=1S/C20H22N2O3/c1-14-8-9-18(25-2)17(11-14)21-20(24)16-6-3-5-15(12-16)13-22-10-4-7-19(22)23/h3,5-6,8-9,11-12H,4,7,10,13H2,1-2H3,(H,21,24). The summed E-state index contributed by atoms with van der Waals surface area (Å²) >= 11 is 0. The van der Waals surface area contributed by atoms with E-state index in [-0.39, 0.29) is 11.8 Å². The summed E-state index contributed by atoms with van der Waals surface area (Å²) in [6.07, 6.45) is 1.53. The van der Waals surface area contributed by atoms with Crippen LogP contribution in [0.3, 0.4) is 0 Å². The number of carbonyl (C=O) groups excluding carboxylic acids is 2. The quantitative estimate of drug-likeness (QED) is 0.909. The van der Waals surface area contributed by atoms with Crippen molar-refractivity contribution in [2.75, 3.05) is 19.0 Å². The van der Waals surface area contributed by atoms with E-state index in [2.05, 4.69) is 5.32 Å². The number of nitrogens with one attached hydrogen (secondary N) is 1. The van der Waals surface area contributed by atoms with Gasteiger partial charge in [0.1, 0.15) is 5.75 Å². The number of aryl methyl sites for hydroxylation is 1. The molecule has 2 aromatic rings. The van der Waals surface area contributed by atoms with Gasteiger partial charge >= 0.3 is 0 Å². The second-order valence-corrected chi connectivity index (χ2v) is 6.28. The van der Waals surface area contributed by atoms with Crippen molar-refractivity contribution in [3.8, 4) is 5.75 Å². The minimum Gasteiger partial charge on any atom is -0.495 e. The van der Waals surface area contributed by atoms with Crippen LogP contribution in [0.25, 0.3) is 0 Å². The Morgan fingerprint density at radius 2 is 2.08 bits per heavy atom. The molecule has 1 heterocycles. The fourth-order valence-corrected chi connectivity index (χ4v) is 3.02. The van der Waals surface area contributed by atoms with E-state index in [0.717, 1.165) is 24.1 Å². The zero-order valence-corrected chi connectivity index (χ0v) is 14.5. The average Bonchev–Trinajstić information content (AvgIpc) is 3.00. The van der Waals surface area contributed by atoms with Gasteiger partial charge in [0.05, 0.1) is 12.8 Å². The number of carbonyl (C=O) groups is 2. The average molecular weight is 338 g/mol. The Bertz CT molecular complexity index is 801. The van der Waals surface area contributed by atoms with Crippen molar-refractivity contribution in [1.29, 1.82) is 0 Å². The van der Waals surface area contributed by atoms with E-state index < -0.39 is 0 Å². The van der Waals surface area contributed by atoms with Crippen LogP contribution in [0.5, 0.6) is 5.75 Å². The molecule has 1 N–H and O–H groups in total. The van der Waals surface area contributed by atoms with E-state index in [9.17, 15) is 9.59 Å². The highest BCUT2D eigenvalue weighted by Crippen LogP contribution is 2.26. The van der Waals surface area contributed by atoms with E-state index in [1.807, 2.05) is 48.2 Å². The Morgan fingerprint density at radius 3 is 2.80 bits per heavy atom. The number of anilines is 1. The molecule has 0 atom stereocenters. The second kappa shape index (κ2) is 7.38. The summed E-state index contributed by atoms with van der Waals surface area (Å²) in [4.78, 5) is 26.2. The number of ether oxygens (including phenoxy) is 1. The minimum atomic E-state index is -0.196. The third kappa shape index (κ3) is 3.99. The van der Waals surface area contributed by atoms with E-state index in [1.54, 1.807) is 13.2 Å². The molecule has 0 radical (unpaired) electrons. The number of methoxy groups -OCH3 is 1. The van der Waals surface area contributed by atoms with Crippen molar-refractivity contribution in [2.45, 2.75) is 26.3 Å². The van der Waals surface area contributed by atoms with Crippen LogP contribution >= 0.6 is 0 Å². The lowest BCUT2D eigenvalue weighted by Crippen LogP contribution is -2.24. The Kier molecular flexibility index (Phi) is 5.03. The van der Waals surface area contributed by atoms with Gasteiger partial charge in [-0.1, -0.05) is 18.2 Å². The van der Waals surface area contributed by atoms with Crippen LogP contribution in [-0.2, 0) is 11.3 Å². The third-order valence-electron chi connectivity index (χ3n) is 4.34. The predicted molar refractivity (Wildman–Crippen MR) is 96.8 cm³/mol. The molecular weight excluding hydrogens is 316 g/mol. The highest BCUT2D eigenvalue weighted by Gasteiger charge is 2.20. The van der Waals surface area contributed by atoms with Crippen molar-refractivity contribution >= 4 is 17.5 Å². The van der Waals surface area contributed by atoms with Crippen LogP contribution in [0, 0.1) is 6.92 Å². The van der Waals surface area contributed by atoms with Gasteiger partial charge in [-0.2, -0.15) is 0 Å². The zero-order chi connectivity index (χ0) is 17.8. The first kappa shape index (κ1) is 17.0. The molecule has 1 aliphatic rings. The molecule has 2 aromatic carbocycles. The molecule has 0 saturated carbocycles. The fourth-order valence-electron chi connectivity index (χ4n) is 3.02. The van der Waals surface area contributed by atoms with Gasteiger partial charge in [-0.3, -0.25) is 9.59 Å². The maximum Gasteiger partial charge on any atom is 0.255 e. The summed E-state index contributed by atoms with van der Waals surface area (Å²) < 4.78 is 5.30. The lowest BCUT2D eigenvalue weighted by Gasteiger charge is -2.16. The summed E-state index contributed by atoms with van der Waals surface area (Å²) in [6.45, 7) is 3.30. The van der Waals surface area contributed by atoms with Crippen LogP contribution in [0.1, 0.15) is 34.3 Å². The van der Waals surface area contributed by atoms with Crippen LogP contribution < -0.4 is 10.1 Å². The number of amides is 2. The fraction of sp³-hybridized carbons (Fsp3) is 0.300. The Morgan fingerprint density at radius 1 is 1.24 bits per heavy atom. The first-order chi connectivity index (χ1) is 12.1. The molecule has 2 amide bonds. The molecule has 0 aliphatic carbocycles. The first-order valence-corrected chi connectivity index (χ1v) is 8.39. The van der Waals surface area contributed by atoms with Gasteiger partial charge in [-0.25, -0.2) is 0 Å². The molecule has 5 nitrogen and oxygen atoms in total. The van der Waals surface area contributed by atoms with Gasteiger partial charge in [0, 0.05) is 25.1 Å². The molecule has 1 fully saturated rings. The number of rotatable bonds is 5. The highest BCUT2D eigenvalue weighted by molar-refractivity contribution is 6.05. The van der Waals surface area contributed by atoms with Crippen LogP contribution in [0.2, 0.25) is 0 Å². The Labute approximate surface area is 147 Å². The van der Waals surface area contributed by atoms with E-state index in [4.69, 9.17) is 4.74 Å². The first-order valence-electron chi connectivity index (χ1n) is 8.39. The van der Waals surface area contributed by atoms with Gasteiger partial charge in [-0.15, -0.1) is 0 Å². The van der Waals surface area contributed by atoms with Crippen molar-refractivity contribution in [3.05, 3.63) is 59.2 Å². The summed E-state index contributed by atoms with van der Waals surface area (Å²) in [5.74, 6) is 0.607. The summed E-state index contributed by atoms with van der Waals surface area (Å²) in [7, 11) is 1.58. The maximum atomic E-state index is 12.6. The van der Waals surface area contributed by atoms with Crippen molar-refractivity contribution < 1.29 is 14.3 Å². The van der Waals surface area contributed by atoms with Crippen molar-refractivity contribution in [2.24, 2.45) is 0 Å². The predicted octanol–water partition coefficient (Wildman–Crippen LogP) is 3.38. The molecule has 0 aromatic heterocycles. The monoisotopic (exact) mass is 338 g/mol. The lowest BCUT2D eigenvalue weighted by molar-refractivity contribution is -0.128. The van der Waals surface area contributed by atoms with E-state index >= 15 is 0 Å². The lowest BCUT2D eigenvalue weighted by atomic mass is 10.1. The topological polar surface area (TPSA) is 58.6 Å². The third-order valence-corrected chi connectivity index (χ3v) is 4.34. The largest absolute Gasteiger partial charge is 0.495 e. The molecule has 1 saturated heterocycles. The minimum absolute atomic E-state index is 0.180. The van der Waals surface area contributed by atoms with Gasteiger partial charge < -0.3 is 15.0 Å².